The van der Waals surface area contributed by atoms with E-state index in [9.17, 15) is 17.8 Å². The van der Waals surface area contributed by atoms with E-state index in [2.05, 4.69) is 15.3 Å². The van der Waals surface area contributed by atoms with Gasteiger partial charge < -0.3 is 14.6 Å². The van der Waals surface area contributed by atoms with Gasteiger partial charge in [-0.15, -0.1) is 0 Å². The van der Waals surface area contributed by atoms with Crippen molar-refractivity contribution in [1.29, 1.82) is 4.78 Å². The van der Waals surface area contributed by atoms with Crippen molar-refractivity contribution in [3.63, 3.8) is 0 Å². The molecule has 1 aliphatic rings. The molecule has 0 unspecified atom stereocenters. The Labute approximate surface area is 202 Å². The molecule has 1 amide bonds. The lowest BCUT2D eigenvalue weighted by atomic mass is 10.0. The highest BCUT2D eigenvalue weighted by molar-refractivity contribution is 7.91. The van der Waals surface area contributed by atoms with Gasteiger partial charge in [0.05, 0.1) is 21.5 Å². The second kappa shape index (κ2) is 9.37. The van der Waals surface area contributed by atoms with E-state index in [0.29, 0.717) is 40.8 Å². The third-order valence-corrected chi connectivity index (χ3v) is 7.15. The van der Waals surface area contributed by atoms with E-state index in [0.717, 1.165) is 0 Å². The van der Waals surface area contributed by atoms with E-state index in [1.807, 2.05) is 0 Å². The number of halogens is 2. The highest BCUT2D eigenvalue weighted by Crippen LogP contribution is 2.35. The van der Waals surface area contributed by atoms with Crippen molar-refractivity contribution >= 4 is 27.1 Å². The van der Waals surface area contributed by atoms with Crippen LogP contribution in [0.3, 0.4) is 0 Å². The summed E-state index contributed by atoms with van der Waals surface area (Å²) in [6.45, 7) is 3.86. The van der Waals surface area contributed by atoms with Gasteiger partial charge in [-0.05, 0) is 37.1 Å². The summed E-state index contributed by atoms with van der Waals surface area (Å²) in [5, 5.41) is 2.80. The number of carbonyl (C=O) groups excluding carboxylic acids is 1. The van der Waals surface area contributed by atoms with Gasteiger partial charge in [0, 0.05) is 61.5 Å². The molecule has 0 bridgehead atoms. The fourth-order valence-corrected chi connectivity index (χ4v) is 4.81. The van der Waals surface area contributed by atoms with Gasteiger partial charge in [0.25, 0.3) is 5.91 Å². The van der Waals surface area contributed by atoms with Crippen molar-refractivity contribution in [3.05, 3.63) is 53.7 Å². The second-order valence-electron chi connectivity index (χ2n) is 8.76. The first-order valence-corrected chi connectivity index (χ1v) is 13.1. The minimum absolute atomic E-state index is 0.0622. The smallest absolute Gasteiger partial charge is 0.259 e. The maximum atomic E-state index is 14.0. The van der Waals surface area contributed by atoms with Crippen LogP contribution in [0, 0.1) is 18.6 Å². The monoisotopic (exact) mass is 503 g/mol. The molecular formula is C24H27F2N5O3S. The van der Waals surface area contributed by atoms with E-state index in [4.69, 9.17) is 9.20 Å². The van der Waals surface area contributed by atoms with Crippen LogP contribution in [0.4, 0.5) is 20.3 Å². The zero-order chi connectivity index (χ0) is 25.4. The van der Waals surface area contributed by atoms with Crippen LogP contribution >= 0.6 is 0 Å². The molecule has 1 atom stereocenters. The molecule has 186 valence electrons. The summed E-state index contributed by atoms with van der Waals surface area (Å²) in [5.41, 5.74) is 1.73. The number of amides is 1. The lowest BCUT2D eigenvalue weighted by Gasteiger charge is -2.25. The largest absolute Gasteiger partial charge is 0.441 e. The van der Waals surface area contributed by atoms with Gasteiger partial charge in [-0.1, -0.05) is 6.07 Å². The van der Waals surface area contributed by atoms with Crippen LogP contribution in [0.1, 0.15) is 41.1 Å². The maximum Gasteiger partial charge on any atom is 0.259 e. The first-order chi connectivity index (χ1) is 16.4. The molecule has 2 N–H and O–H groups in total. The Morgan fingerprint density at radius 1 is 1.20 bits per heavy atom. The number of anilines is 2. The number of alkyl halides is 2. The van der Waals surface area contributed by atoms with Gasteiger partial charge >= 0.3 is 0 Å². The van der Waals surface area contributed by atoms with Crippen molar-refractivity contribution in [1.82, 2.24) is 9.97 Å². The summed E-state index contributed by atoms with van der Waals surface area (Å²) < 4.78 is 53.7. The number of rotatable bonds is 5. The van der Waals surface area contributed by atoms with Gasteiger partial charge in [0.15, 0.2) is 11.7 Å². The van der Waals surface area contributed by atoms with Gasteiger partial charge in [-0.2, -0.15) is 0 Å². The summed E-state index contributed by atoms with van der Waals surface area (Å²) in [6.07, 6.45) is 4.15. The van der Waals surface area contributed by atoms with E-state index < -0.39 is 21.6 Å². The van der Waals surface area contributed by atoms with Crippen LogP contribution in [0.2, 0.25) is 0 Å². The average Bonchev–Trinajstić information content (AvgIpc) is 3.12. The molecule has 0 aliphatic carbocycles. The predicted octanol–water partition coefficient (Wildman–Crippen LogP) is 5.27. The molecule has 8 nitrogen and oxygen atoms in total. The Bertz CT molecular complexity index is 1370. The molecule has 1 aliphatic heterocycles. The minimum atomic E-state index is -2.98. The van der Waals surface area contributed by atoms with Crippen LogP contribution in [-0.2, 0) is 9.73 Å². The summed E-state index contributed by atoms with van der Waals surface area (Å²) in [4.78, 5) is 24.2. The summed E-state index contributed by atoms with van der Waals surface area (Å²) >= 11 is 0. The number of hydrogen-bond acceptors (Lipinski definition) is 7. The normalized spacial score (nSPS) is 17.5. The molecule has 4 rings (SSSR count). The molecule has 0 spiro atoms. The fraction of sp³-hybridized carbons (Fsp3) is 0.375. The standard InChI is InChI=1S/C24H27F2N5O3S/c1-15-19(20-14-28-16(2)34-20)13-29-22(31-10-5-8-24(25,26)9-11-31)21(15)23(32)30-17-6-4-7-18(12-17)35(3,27)33/h4,6-7,12-14,27H,5,8-11H2,1-3H3,(H,30,32)/t35-/m1/s1. The molecule has 3 aromatic rings. The first kappa shape index (κ1) is 24.8. The molecule has 1 aromatic carbocycles. The molecular weight excluding hydrogens is 476 g/mol. The summed E-state index contributed by atoms with van der Waals surface area (Å²) in [6, 6.07) is 6.30. The van der Waals surface area contributed by atoms with Crippen molar-refractivity contribution in [2.24, 2.45) is 0 Å². The van der Waals surface area contributed by atoms with E-state index >= 15 is 0 Å². The number of hydrogen-bond donors (Lipinski definition) is 2. The molecule has 11 heteroatoms. The first-order valence-electron chi connectivity index (χ1n) is 11.1. The fourth-order valence-electron chi connectivity index (χ4n) is 4.12. The molecule has 3 heterocycles. The van der Waals surface area contributed by atoms with Gasteiger partial charge in [-0.3, -0.25) is 4.79 Å². The van der Waals surface area contributed by atoms with E-state index in [-0.39, 0.29) is 36.3 Å². The van der Waals surface area contributed by atoms with Crippen molar-refractivity contribution in [2.45, 2.75) is 43.9 Å². The molecule has 35 heavy (non-hydrogen) atoms. The van der Waals surface area contributed by atoms with E-state index in [1.165, 1.54) is 12.3 Å². The SMILES string of the molecule is Cc1ncc(-c2cnc(N3CCCC(F)(F)CC3)c(C(=O)Nc3cccc([S@](C)(=N)=O)c3)c2C)o1. The van der Waals surface area contributed by atoms with Crippen molar-refractivity contribution < 1.29 is 22.2 Å². The number of benzene rings is 1. The van der Waals surface area contributed by atoms with Crippen molar-refractivity contribution in [3.8, 4) is 11.3 Å². The van der Waals surface area contributed by atoms with Gasteiger partial charge in [0.1, 0.15) is 5.82 Å². The van der Waals surface area contributed by atoms with Crippen LogP contribution in [0.25, 0.3) is 11.3 Å². The Hall–Kier alpha value is -3.34. The lowest BCUT2D eigenvalue weighted by Crippen LogP contribution is -2.30. The number of pyridine rings is 1. The molecule has 1 fully saturated rings. The summed E-state index contributed by atoms with van der Waals surface area (Å²) in [5.74, 6) is -2.04. The zero-order valence-corrected chi connectivity index (χ0v) is 20.5. The predicted molar refractivity (Wildman–Crippen MR) is 130 cm³/mol. The maximum absolute atomic E-state index is 14.0. The Morgan fingerprint density at radius 2 is 1.97 bits per heavy atom. The third kappa shape index (κ3) is 5.50. The quantitative estimate of drug-likeness (QED) is 0.491. The molecule has 1 saturated heterocycles. The van der Waals surface area contributed by atoms with Crippen LogP contribution in [-0.4, -0.2) is 45.4 Å². The molecule has 0 radical (unpaired) electrons. The number of carbonyl (C=O) groups is 1. The van der Waals surface area contributed by atoms with Crippen LogP contribution in [0.15, 0.2) is 46.0 Å². The molecule has 0 saturated carbocycles. The second-order valence-corrected chi connectivity index (χ2v) is 10.9. The lowest BCUT2D eigenvalue weighted by molar-refractivity contribution is -0.0102. The topological polar surface area (TPSA) is 112 Å². The summed E-state index contributed by atoms with van der Waals surface area (Å²) in [7, 11) is -2.98. The highest BCUT2D eigenvalue weighted by Gasteiger charge is 2.34. The number of aromatic nitrogens is 2. The Morgan fingerprint density at radius 3 is 2.66 bits per heavy atom. The van der Waals surface area contributed by atoms with Gasteiger partial charge in [0.2, 0.25) is 5.92 Å². The highest BCUT2D eigenvalue weighted by atomic mass is 32.2. The third-order valence-electron chi connectivity index (χ3n) is 5.99. The molecule has 2 aromatic heterocycles. The number of nitrogens with zero attached hydrogens (tertiary/aromatic N) is 3. The van der Waals surface area contributed by atoms with Crippen LogP contribution < -0.4 is 10.2 Å². The van der Waals surface area contributed by atoms with Crippen molar-refractivity contribution in [2.75, 3.05) is 29.6 Å². The number of nitrogens with one attached hydrogen (secondary N) is 2. The number of aryl methyl sites for hydroxylation is 1. The number of oxazole rings is 1. The van der Waals surface area contributed by atoms with Crippen LogP contribution in [0.5, 0.6) is 0 Å². The van der Waals surface area contributed by atoms with Gasteiger partial charge in [-0.25, -0.2) is 27.7 Å². The zero-order valence-electron chi connectivity index (χ0n) is 19.7. The Kier molecular flexibility index (Phi) is 6.63. The average molecular weight is 504 g/mol. The Balaban J connectivity index is 1.77. The van der Waals surface area contributed by atoms with E-state index in [1.54, 1.807) is 49.3 Å². The minimum Gasteiger partial charge on any atom is -0.441 e.